The summed E-state index contributed by atoms with van der Waals surface area (Å²) in [5, 5.41) is 3.40. The van der Waals surface area contributed by atoms with Crippen molar-refractivity contribution in [3.63, 3.8) is 0 Å². The van der Waals surface area contributed by atoms with E-state index in [1.165, 1.54) is 11.3 Å². The van der Waals surface area contributed by atoms with E-state index in [9.17, 15) is 13.2 Å². The molecule has 1 aromatic heterocycles. The predicted molar refractivity (Wildman–Crippen MR) is 97.6 cm³/mol. The van der Waals surface area contributed by atoms with Gasteiger partial charge in [-0.2, -0.15) is 0 Å². The summed E-state index contributed by atoms with van der Waals surface area (Å²) in [7, 11) is -3.18. The Labute approximate surface area is 157 Å². The molecule has 1 amide bonds. The molecule has 142 valence electrons. The van der Waals surface area contributed by atoms with Crippen LogP contribution < -0.4 is 5.32 Å². The van der Waals surface area contributed by atoms with Gasteiger partial charge in [0.25, 0.3) is 0 Å². The van der Waals surface area contributed by atoms with Crippen molar-refractivity contribution in [1.82, 2.24) is 9.29 Å². The molecule has 0 radical (unpaired) electrons. The van der Waals surface area contributed by atoms with Crippen molar-refractivity contribution in [3.05, 3.63) is 10.6 Å². The lowest BCUT2D eigenvalue weighted by Crippen LogP contribution is -2.41. The van der Waals surface area contributed by atoms with Crippen LogP contribution in [0.4, 0.5) is 5.13 Å². The van der Waals surface area contributed by atoms with E-state index in [1.807, 2.05) is 0 Å². The molecule has 0 aromatic carbocycles. The quantitative estimate of drug-likeness (QED) is 0.838. The number of sulfonamides is 1. The zero-order valence-corrected chi connectivity index (χ0v) is 16.2. The highest BCUT2D eigenvalue weighted by Crippen LogP contribution is 2.45. The Hall–Kier alpha value is -1.03. The number of nitrogens with one attached hydrogen (secondary N) is 1. The Morgan fingerprint density at radius 1 is 1.31 bits per heavy atom. The van der Waals surface area contributed by atoms with Gasteiger partial charge in [-0.05, 0) is 32.1 Å². The first-order valence-corrected chi connectivity index (χ1v) is 11.7. The largest absolute Gasteiger partial charge is 0.375 e. The van der Waals surface area contributed by atoms with Gasteiger partial charge in [-0.25, -0.2) is 17.7 Å². The number of anilines is 1. The highest BCUT2D eigenvalue weighted by molar-refractivity contribution is 7.90. The van der Waals surface area contributed by atoms with Crippen LogP contribution in [0.5, 0.6) is 0 Å². The molecule has 2 saturated carbocycles. The summed E-state index contributed by atoms with van der Waals surface area (Å²) in [6, 6.07) is 0. The highest BCUT2D eigenvalue weighted by Gasteiger charge is 2.51. The number of carbonyl (C=O) groups is 1. The van der Waals surface area contributed by atoms with Gasteiger partial charge in [0.2, 0.25) is 15.9 Å². The molecule has 26 heavy (non-hydrogen) atoms. The summed E-state index contributed by atoms with van der Waals surface area (Å²) in [4.78, 5) is 18.0. The average Bonchev–Trinajstić information content (AvgIpc) is 3.20. The Bertz CT molecular complexity index is 844. The number of rotatable bonds is 4. The van der Waals surface area contributed by atoms with Gasteiger partial charge in [-0.1, -0.05) is 17.8 Å². The first-order valence-electron chi connectivity index (χ1n) is 9.36. The number of fused-ring (bicyclic) bond motifs is 2. The molecule has 5 rings (SSSR count). The molecule has 3 heterocycles. The van der Waals surface area contributed by atoms with Gasteiger partial charge < -0.3 is 10.1 Å². The van der Waals surface area contributed by atoms with Crippen LogP contribution in [0.15, 0.2) is 0 Å². The van der Waals surface area contributed by atoms with Crippen molar-refractivity contribution in [2.75, 3.05) is 25.0 Å². The van der Waals surface area contributed by atoms with E-state index >= 15 is 0 Å². The van der Waals surface area contributed by atoms with Gasteiger partial charge in [0.15, 0.2) is 5.13 Å². The third-order valence-electron chi connectivity index (χ3n) is 6.14. The fourth-order valence-electron chi connectivity index (χ4n) is 4.14. The van der Waals surface area contributed by atoms with Crippen LogP contribution in [0.1, 0.15) is 49.1 Å². The molecular formula is C17H23N3O4S2. The predicted octanol–water partition coefficient (Wildman–Crippen LogP) is 1.85. The van der Waals surface area contributed by atoms with Gasteiger partial charge in [-0.15, -0.1) is 0 Å². The lowest BCUT2D eigenvalue weighted by molar-refractivity contribution is -0.122. The molecular weight excluding hydrogens is 374 g/mol. The standard InChI is InChI=1S/C17H23N3O4S2/c21-15(11-2-1-3-11)19-16-18-14-13(25-16)8-24-10-17(14)6-7-20(9-17)26(22,23)12-4-5-12/h11-12H,1-10H2,(H,18,19,21). The van der Waals surface area contributed by atoms with Crippen molar-refractivity contribution in [3.8, 4) is 0 Å². The number of hydrogen-bond acceptors (Lipinski definition) is 6. The number of aromatic nitrogens is 1. The second-order valence-corrected chi connectivity index (χ2v) is 11.3. The lowest BCUT2D eigenvalue weighted by atomic mass is 9.82. The summed E-state index contributed by atoms with van der Waals surface area (Å²) in [5.41, 5.74) is 0.567. The second kappa shape index (κ2) is 5.98. The third kappa shape index (κ3) is 2.71. The fraction of sp³-hybridized carbons (Fsp3) is 0.765. The van der Waals surface area contributed by atoms with E-state index in [2.05, 4.69) is 5.32 Å². The monoisotopic (exact) mass is 397 g/mol. The molecule has 2 aliphatic carbocycles. The summed E-state index contributed by atoms with van der Waals surface area (Å²) in [6.45, 7) is 1.96. The van der Waals surface area contributed by atoms with Crippen LogP contribution in [0.25, 0.3) is 0 Å². The number of thiazole rings is 1. The number of amides is 1. The highest BCUT2D eigenvalue weighted by atomic mass is 32.2. The minimum absolute atomic E-state index is 0.0571. The van der Waals surface area contributed by atoms with Crippen molar-refractivity contribution < 1.29 is 17.9 Å². The van der Waals surface area contributed by atoms with Crippen molar-refractivity contribution in [2.24, 2.45) is 5.92 Å². The van der Waals surface area contributed by atoms with Gasteiger partial charge >= 0.3 is 0 Å². The number of carbonyl (C=O) groups excluding carboxylic acids is 1. The summed E-state index contributed by atoms with van der Waals surface area (Å²) in [5.74, 6) is 0.175. The first kappa shape index (κ1) is 17.1. The zero-order valence-electron chi connectivity index (χ0n) is 14.6. The summed E-state index contributed by atoms with van der Waals surface area (Å²) in [6.07, 6.45) is 5.32. The lowest BCUT2D eigenvalue weighted by Gasteiger charge is -2.32. The van der Waals surface area contributed by atoms with Crippen molar-refractivity contribution >= 4 is 32.4 Å². The Balaban J connectivity index is 1.38. The van der Waals surface area contributed by atoms with Gasteiger partial charge in [0, 0.05) is 19.0 Å². The zero-order chi connectivity index (χ0) is 17.9. The molecule has 1 aromatic rings. The number of ether oxygens (including phenoxy) is 1. The van der Waals surface area contributed by atoms with Gasteiger partial charge in [0.05, 0.1) is 34.4 Å². The van der Waals surface area contributed by atoms with E-state index in [-0.39, 0.29) is 22.5 Å². The van der Waals surface area contributed by atoms with Crippen LogP contribution in [-0.4, -0.2) is 48.6 Å². The number of nitrogens with zero attached hydrogens (tertiary/aromatic N) is 2. The first-order chi connectivity index (χ1) is 12.5. The van der Waals surface area contributed by atoms with E-state index < -0.39 is 10.0 Å². The second-order valence-electron chi connectivity index (χ2n) is 8.01. The van der Waals surface area contributed by atoms with E-state index in [0.29, 0.717) is 31.4 Å². The Morgan fingerprint density at radius 3 is 2.81 bits per heavy atom. The van der Waals surface area contributed by atoms with Crippen LogP contribution in [0.2, 0.25) is 0 Å². The maximum Gasteiger partial charge on any atom is 0.229 e. The van der Waals surface area contributed by atoms with E-state index in [4.69, 9.17) is 9.72 Å². The average molecular weight is 398 g/mol. The summed E-state index contributed by atoms with van der Waals surface area (Å²) < 4.78 is 32.7. The van der Waals surface area contributed by atoms with Crippen LogP contribution in [-0.2, 0) is 31.6 Å². The van der Waals surface area contributed by atoms with Crippen molar-refractivity contribution in [2.45, 2.75) is 55.8 Å². The smallest absolute Gasteiger partial charge is 0.229 e. The molecule has 1 spiro atoms. The van der Waals surface area contributed by atoms with Crippen LogP contribution >= 0.6 is 11.3 Å². The fourth-order valence-corrected chi connectivity index (χ4v) is 7.09. The molecule has 2 aliphatic heterocycles. The maximum absolute atomic E-state index is 12.6. The van der Waals surface area contributed by atoms with E-state index in [1.54, 1.807) is 4.31 Å². The maximum atomic E-state index is 12.6. The molecule has 3 fully saturated rings. The minimum Gasteiger partial charge on any atom is -0.375 e. The van der Waals surface area contributed by atoms with Gasteiger partial charge in [-0.3, -0.25) is 4.79 Å². The summed E-state index contributed by atoms with van der Waals surface area (Å²) >= 11 is 1.47. The normalized spacial score (nSPS) is 29.5. The molecule has 0 bridgehead atoms. The van der Waals surface area contributed by atoms with E-state index in [0.717, 1.165) is 49.1 Å². The van der Waals surface area contributed by atoms with Gasteiger partial charge in [0.1, 0.15) is 0 Å². The Morgan fingerprint density at radius 2 is 2.12 bits per heavy atom. The molecule has 7 nitrogen and oxygen atoms in total. The molecule has 9 heteroatoms. The topological polar surface area (TPSA) is 88.6 Å². The van der Waals surface area contributed by atoms with Crippen molar-refractivity contribution in [1.29, 1.82) is 0 Å². The third-order valence-corrected chi connectivity index (χ3v) is 9.43. The molecule has 1 N–H and O–H groups in total. The molecule has 1 unspecified atom stereocenters. The molecule has 4 aliphatic rings. The number of hydrogen-bond donors (Lipinski definition) is 1. The SMILES string of the molecule is O=C(Nc1nc2c(s1)COCC21CCN(S(=O)(=O)C2CC2)C1)C1CCC1. The Kier molecular flexibility index (Phi) is 3.93. The minimum atomic E-state index is -3.18. The van der Waals surface area contributed by atoms with Crippen LogP contribution in [0, 0.1) is 5.92 Å². The van der Waals surface area contributed by atoms with Crippen LogP contribution in [0.3, 0.4) is 0 Å². The molecule has 1 atom stereocenters. The molecule has 1 saturated heterocycles.